The van der Waals surface area contributed by atoms with E-state index in [1.807, 2.05) is 6.92 Å². The third-order valence-electron chi connectivity index (χ3n) is 6.77. The van der Waals surface area contributed by atoms with E-state index in [-0.39, 0.29) is 25.0 Å². The number of benzene rings is 1. The normalized spacial score (nSPS) is 22.9. The number of aryl methyl sites for hydroxylation is 1. The lowest BCUT2D eigenvalue weighted by Gasteiger charge is -2.47. The zero-order valence-corrected chi connectivity index (χ0v) is 18.4. The second-order valence-electron chi connectivity index (χ2n) is 8.80. The Balaban J connectivity index is 1.27. The van der Waals surface area contributed by atoms with Crippen LogP contribution in [0.5, 0.6) is 5.75 Å². The van der Waals surface area contributed by atoms with E-state index in [9.17, 15) is 19.5 Å². The van der Waals surface area contributed by atoms with E-state index < -0.39 is 17.1 Å². The first-order valence-corrected chi connectivity index (χ1v) is 11.3. The second-order valence-corrected chi connectivity index (χ2v) is 8.80. The van der Waals surface area contributed by atoms with Gasteiger partial charge in [-0.1, -0.05) is 19.8 Å². The van der Waals surface area contributed by atoms with Gasteiger partial charge in [0.25, 0.3) is 5.91 Å². The summed E-state index contributed by atoms with van der Waals surface area (Å²) in [6.45, 7) is 2.67. The largest absolute Gasteiger partial charge is 0.484 e. The predicted molar refractivity (Wildman–Crippen MR) is 118 cm³/mol. The van der Waals surface area contributed by atoms with Gasteiger partial charge >= 0.3 is 5.63 Å². The number of carbonyl (C=O) groups excluding carboxylic acids is 2. The Kier molecular flexibility index (Phi) is 6.50. The monoisotopic (exact) mass is 442 g/mol. The molecule has 0 bridgehead atoms. The van der Waals surface area contributed by atoms with Gasteiger partial charge in [-0.2, -0.15) is 0 Å². The average Bonchev–Trinajstić information content (AvgIpc) is 2.79. The highest BCUT2D eigenvalue weighted by molar-refractivity contribution is 5.86. The van der Waals surface area contributed by atoms with Crippen LogP contribution < -0.4 is 15.7 Å². The third-order valence-corrected chi connectivity index (χ3v) is 6.77. The smallest absolute Gasteiger partial charge is 0.336 e. The van der Waals surface area contributed by atoms with Crippen molar-refractivity contribution in [2.45, 2.75) is 51.0 Å². The van der Waals surface area contributed by atoms with Crippen molar-refractivity contribution >= 4 is 22.8 Å². The summed E-state index contributed by atoms with van der Waals surface area (Å²) in [4.78, 5) is 38.2. The minimum absolute atomic E-state index is 0.0974. The lowest BCUT2D eigenvalue weighted by Crippen LogP contribution is -2.56. The zero-order valence-electron chi connectivity index (χ0n) is 18.4. The first kappa shape index (κ1) is 22.3. The van der Waals surface area contributed by atoms with Gasteiger partial charge in [0.2, 0.25) is 5.91 Å². The standard InChI is InChI=1S/C24H30N2O6/c1-2-16-11-23(29)32-20-12-18(6-7-19(16)20)31-15-21(27)25-13-22(28)26-10-9-24(30)8-4-3-5-17(24)14-26/h6-7,11-12,17,30H,2-5,8-10,13-15H2,1H3,(H,25,27)/t17-,24-/m1/s1. The molecule has 2 heterocycles. The first-order chi connectivity index (χ1) is 15.4. The summed E-state index contributed by atoms with van der Waals surface area (Å²) in [6.07, 6.45) is 5.17. The van der Waals surface area contributed by atoms with E-state index in [4.69, 9.17) is 9.15 Å². The minimum atomic E-state index is -0.636. The van der Waals surface area contributed by atoms with Crippen molar-refractivity contribution in [2.75, 3.05) is 26.2 Å². The molecule has 2 amide bonds. The summed E-state index contributed by atoms with van der Waals surface area (Å²) in [6, 6.07) is 6.59. The lowest BCUT2D eigenvalue weighted by atomic mass is 9.71. The van der Waals surface area contributed by atoms with E-state index in [2.05, 4.69) is 5.32 Å². The number of piperidine rings is 1. The number of hydrogen-bond acceptors (Lipinski definition) is 6. The Morgan fingerprint density at radius 3 is 2.94 bits per heavy atom. The molecule has 8 heteroatoms. The van der Waals surface area contributed by atoms with Gasteiger partial charge in [-0.05, 0) is 43.4 Å². The van der Waals surface area contributed by atoms with Crippen LogP contribution in [0.3, 0.4) is 0 Å². The van der Waals surface area contributed by atoms with Gasteiger partial charge in [0.15, 0.2) is 6.61 Å². The fourth-order valence-electron chi connectivity index (χ4n) is 4.88. The molecule has 2 atom stereocenters. The van der Waals surface area contributed by atoms with E-state index in [1.54, 1.807) is 23.1 Å². The van der Waals surface area contributed by atoms with E-state index >= 15 is 0 Å². The van der Waals surface area contributed by atoms with Crippen LogP contribution in [0.4, 0.5) is 0 Å². The zero-order chi connectivity index (χ0) is 22.7. The Morgan fingerprint density at radius 1 is 1.28 bits per heavy atom. The van der Waals surface area contributed by atoms with Crippen molar-refractivity contribution in [3.05, 3.63) is 40.2 Å². The van der Waals surface area contributed by atoms with Crippen LogP contribution in [-0.2, 0) is 16.0 Å². The molecule has 2 fully saturated rings. The molecule has 8 nitrogen and oxygen atoms in total. The Morgan fingerprint density at radius 2 is 2.12 bits per heavy atom. The fourth-order valence-corrected chi connectivity index (χ4v) is 4.88. The van der Waals surface area contributed by atoms with Crippen LogP contribution >= 0.6 is 0 Å². The van der Waals surface area contributed by atoms with Crippen molar-refractivity contribution < 1.29 is 23.8 Å². The maximum Gasteiger partial charge on any atom is 0.336 e. The van der Waals surface area contributed by atoms with Gasteiger partial charge in [-0.15, -0.1) is 0 Å². The maximum atomic E-state index is 12.5. The Bertz CT molecular complexity index is 1060. The third kappa shape index (κ3) is 4.80. The van der Waals surface area contributed by atoms with Gasteiger partial charge < -0.3 is 24.5 Å². The number of amides is 2. The van der Waals surface area contributed by atoms with Crippen molar-refractivity contribution in [1.29, 1.82) is 0 Å². The molecule has 1 aromatic carbocycles. The number of ether oxygens (including phenoxy) is 1. The van der Waals surface area contributed by atoms with E-state index in [0.717, 1.165) is 36.6 Å². The molecular formula is C24H30N2O6. The number of carbonyl (C=O) groups is 2. The highest BCUT2D eigenvalue weighted by Gasteiger charge is 2.43. The number of fused-ring (bicyclic) bond motifs is 2. The summed E-state index contributed by atoms with van der Waals surface area (Å²) >= 11 is 0. The summed E-state index contributed by atoms with van der Waals surface area (Å²) in [5, 5.41) is 14.2. The van der Waals surface area contributed by atoms with E-state index in [1.165, 1.54) is 6.07 Å². The topological polar surface area (TPSA) is 109 Å². The van der Waals surface area contributed by atoms with Gasteiger partial charge in [-0.25, -0.2) is 4.79 Å². The molecule has 2 aliphatic rings. The molecule has 2 aromatic rings. The number of nitrogens with one attached hydrogen (secondary N) is 1. The van der Waals surface area contributed by atoms with Gasteiger partial charge in [-0.3, -0.25) is 9.59 Å². The molecule has 172 valence electrons. The van der Waals surface area contributed by atoms with Crippen LogP contribution in [0.15, 0.2) is 33.5 Å². The number of hydrogen-bond donors (Lipinski definition) is 2. The number of likely N-dealkylation sites (tertiary alicyclic amines) is 1. The lowest BCUT2D eigenvalue weighted by molar-refractivity contribution is -0.143. The minimum Gasteiger partial charge on any atom is -0.484 e. The Hall–Kier alpha value is -2.87. The van der Waals surface area contributed by atoms with Gasteiger partial charge in [0.1, 0.15) is 11.3 Å². The van der Waals surface area contributed by atoms with E-state index in [0.29, 0.717) is 37.3 Å². The molecule has 1 aliphatic carbocycles. The molecule has 0 spiro atoms. The molecular weight excluding hydrogens is 412 g/mol. The van der Waals surface area contributed by atoms with Crippen LogP contribution in [0.1, 0.15) is 44.6 Å². The summed E-state index contributed by atoms with van der Waals surface area (Å²) in [7, 11) is 0. The molecule has 4 rings (SSSR count). The van der Waals surface area contributed by atoms with Crippen LogP contribution in [0, 0.1) is 5.92 Å². The molecule has 1 saturated carbocycles. The van der Waals surface area contributed by atoms with Crippen LogP contribution in [0.25, 0.3) is 11.0 Å². The highest BCUT2D eigenvalue weighted by Crippen LogP contribution is 2.39. The van der Waals surface area contributed by atoms with Crippen molar-refractivity contribution in [3.63, 3.8) is 0 Å². The molecule has 32 heavy (non-hydrogen) atoms. The molecule has 1 aliphatic heterocycles. The average molecular weight is 443 g/mol. The second kappa shape index (κ2) is 9.32. The quantitative estimate of drug-likeness (QED) is 0.663. The predicted octanol–water partition coefficient (Wildman–Crippen LogP) is 2.00. The molecule has 0 unspecified atom stereocenters. The van der Waals surface area contributed by atoms with Gasteiger partial charge in [0, 0.05) is 36.5 Å². The van der Waals surface area contributed by atoms with Crippen molar-refractivity contribution in [3.8, 4) is 5.75 Å². The SMILES string of the molecule is CCc1cc(=O)oc2cc(OCC(=O)NCC(=O)N3CC[C@]4(O)CCCC[C@@H]4C3)ccc12. The Labute approximate surface area is 186 Å². The molecule has 0 radical (unpaired) electrons. The molecule has 2 N–H and O–H groups in total. The summed E-state index contributed by atoms with van der Waals surface area (Å²) < 4.78 is 10.8. The first-order valence-electron chi connectivity index (χ1n) is 11.3. The van der Waals surface area contributed by atoms with Gasteiger partial charge in [0.05, 0.1) is 12.1 Å². The maximum absolute atomic E-state index is 12.5. The number of nitrogens with zero attached hydrogens (tertiary/aromatic N) is 1. The molecule has 1 saturated heterocycles. The van der Waals surface area contributed by atoms with Crippen molar-refractivity contribution in [2.24, 2.45) is 5.92 Å². The fraction of sp³-hybridized carbons (Fsp3) is 0.542. The number of aliphatic hydroxyl groups is 1. The van der Waals surface area contributed by atoms with Crippen LogP contribution in [-0.4, -0.2) is 53.7 Å². The summed E-state index contributed by atoms with van der Waals surface area (Å²) in [5.41, 5.74) is 0.244. The molecule has 1 aromatic heterocycles. The highest BCUT2D eigenvalue weighted by atomic mass is 16.5. The van der Waals surface area contributed by atoms with Crippen molar-refractivity contribution in [1.82, 2.24) is 10.2 Å². The summed E-state index contributed by atoms with van der Waals surface area (Å²) in [5.74, 6) is -0.0314. The number of rotatable bonds is 6. The van der Waals surface area contributed by atoms with Crippen LogP contribution in [0.2, 0.25) is 0 Å².